The minimum absolute atomic E-state index is 0.00271. The molecule has 3 aromatic rings. The van der Waals surface area contributed by atoms with E-state index < -0.39 is 29.0 Å². The van der Waals surface area contributed by atoms with Crippen LogP contribution in [0.2, 0.25) is 0 Å². The van der Waals surface area contributed by atoms with Crippen molar-refractivity contribution in [1.82, 2.24) is 19.7 Å². The molecule has 1 aliphatic carbocycles. The van der Waals surface area contributed by atoms with Crippen LogP contribution in [0, 0.1) is 17.1 Å². The molecule has 10 heteroatoms. The molecule has 0 bridgehead atoms. The topological polar surface area (TPSA) is 121 Å². The second-order valence-electron chi connectivity index (χ2n) is 11.5. The van der Waals surface area contributed by atoms with Crippen LogP contribution in [-0.4, -0.2) is 48.0 Å². The van der Waals surface area contributed by atoms with Crippen molar-refractivity contribution in [1.29, 1.82) is 5.26 Å². The van der Waals surface area contributed by atoms with E-state index in [2.05, 4.69) is 4.98 Å². The van der Waals surface area contributed by atoms with Crippen molar-refractivity contribution in [2.75, 3.05) is 0 Å². The number of amides is 2. The number of halogens is 1. The lowest BCUT2D eigenvalue weighted by atomic mass is 9.78. The Morgan fingerprint density at radius 3 is 2.74 bits per heavy atom. The van der Waals surface area contributed by atoms with Crippen LogP contribution in [0.4, 0.5) is 9.18 Å². The fourth-order valence-corrected chi connectivity index (χ4v) is 5.34. The van der Waals surface area contributed by atoms with Crippen LogP contribution in [0.1, 0.15) is 86.6 Å². The first kappa shape index (κ1) is 26.5. The maximum absolute atomic E-state index is 15.0. The van der Waals surface area contributed by atoms with Gasteiger partial charge in [0, 0.05) is 12.1 Å². The molecule has 9 nitrogen and oxygen atoms in total. The summed E-state index contributed by atoms with van der Waals surface area (Å²) in [6.07, 6.45) is 3.92. The quantitative estimate of drug-likeness (QED) is 0.490. The monoisotopic (exact) mass is 531 g/mol. The Morgan fingerprint density at radius 1 is 1.28 bits per heavy atom. The minimum Gasteiger partial charge on any atom is -0.443 e. The molecule has 2 aromatic heterocycles. The lowest BCUT2D eigenvalue weighted by molar-refractivity contribution is 0.0138. The number of nitriles is 1. The van der Waals surface area contributed by atoms with E-state index in [9.17, 15) is 20.0 Å². The third-order valence-corrected chi connectivity index (χ3v) is 7.07. The summed E-state index contributed by atoms with van der Waals surface area (Å²) in [6.45, 7) is 6.77. The summed E-state index contributed by atoms with van der Waals surface area (Å²) in [5.74, 6) is -1.19. The molecule has 0 saturated heterocycles. The number of imide groups is 1. The molecule has 2 unspecified atom stereocenters. The van der Waals surface area contributed by atoms with Gasteiger partial charge in [-0.05, 0) is 77.6 Å². The number of carbonyl (C=O) groups excluding carboxylic acids is 2. The second kappa shape index (κ2) is 9.58. The zero-order chi connectivity index (χ0) is 28.1. The lowest BCUT2D eigenvalue weighted by Gasteiger charge is -2.33. The van der Waals surface area contributed by atoms with Crippen LogP contribution in [0.25, 0.3) is 16.9 Å². The van der Waals surface area contributed by atoms with Crippen molar-refractivity contribution in [2.24, 2.45) is 0 Å². The van der Waals surface area contributed by atoms with Gasteiger partial charge in [0.25, 0.3) is 5.91 Å². The lowest BCUT2D eigenvalue weighted by Crippen LogP contribution is -2.37. The van der Waals surface area contributed by atoms with E-state index in [1.807, 2.05) is 19.1 Å². The molecule has 2 aliphatic rings. The van der Waals surface area contributed by atoms with Gasteiger partial charge in [0.15, 0.2) is 0 Å². The summed E-state index contributed by atoms with van der Waals surface area (Å²) < 4.78 is 22.0. The number of rotatable bonds is 3. The van der Waals surface area contributed by atoms with E-state index in [4.69, 9.17) is 9.84 Å². The van der Waals surface area contributed by atoms with Crippen LogP contribution >= 0.6 is 0 Å². The Balaban J connectivity index is 1.63. The molecule has 5 rings (SSSR count). The van der Waals surface area contributed by atoms with Gasteiger partial charge in [-0.1, -0.05) is 6.07 Å². The van der Waals surface area contributed by atoms with E-state index in [1.165, 1.54) is 28.9 Å². The van der Waals surface area contributed by atoms with E-state index in [-0.39, 0.29) is 40.5 Å². The predicted octanol–water partition coefficient (Wildman–Crippen LogP) is 5.24. The first-order valence-electron chi connectivity index (χ1n) is 12.9. The molecule has 1 aromatic carbocycles. The van der Waals surface area contributed by atoms with Crippen LogP contribution in [-0.2, 0) is 11.3 Å². The molecular weight excluding hydrogens is 501 g/mol. The predicted molar refractivity (Wildman–Crippen MR) is 139 cm³/mol. The van der Waals surface area contributed by atoms with Crippen LogP contribution in [0.3, 0.4) is 0 Å². The van der Waals surface area contributed by atoms with Crippen LogP contribution < -0.4 is 0 Å². The molecule has 0 spiro atoms. The number of carbonyl (C=O) groups is 2. The van der Waals surface area contributed by atoms with E-state index >= 15 is 4.39 Å². The normalized spacial score (nSPS) is 21.0. The van der Waals surface area contributed by atoms with Gasteiger partial charge < -0.3 is 9.84 Å². The average molecular weight is 532 g/mol. The maximum atomic E-state index is 15.0. The smallest absolute Gasteiger partial charge is 0.417 e. The highest BCUT2D eigenvalue weighted by Gasteiger charge is 2.39. The van der Waals surface area contributed by atoms with Gasteiger partial charge >= 0.3 is 6.09 Å². The van der Waals surface area contributed by atoms with Gasteiger partial charge in [0.1, 0.15) is 11.4 Å². The minimum atomic E-state index is -0.819. The number of hydrogen-bond donors (Lipinski definition) is 1. The standard InChI is InChI=1S/C29H30FN5O4/c1-28(2,3)39-27(37)34-16-22-25(26(34)36)23(13-21(32-22)24-18(15-31)7-5-9-19(24)30)35-12-10-20(33-35)17-8-6-11-29(4,38)14-17/h5,7,9-10,12-13,17,38H,6,8,11,14,16H2,1-4H3. The molecule has 1 aliphatic heterocycles. The zero-order valence-corrected chi connectivity index (χ0v) is 22.4. The highest BCUT2D eigenvalue weighted by atomic mass is 19.1. The molecule has 1 saturated carbocycles. The van der Waals surface area contributed by atoms with E-state index in [1.54, 1.807) is 27.0 Å². The number of hydrogen-bond acceptors (Lipinski definition) is 7. The molecule has 39 heavy (non-hydrogen) atoms. The van der Waals surface area contributed by atoms with Crippen LogP contribution in [0.15, 0.2) is 36.5 Å². The Morgan fingerprint density at radius 2 is 2.05 bits per heavy atom. The summed E-state index contributed by atoms with van der Waals surface area (Å²) in [4.78, 5) is 31.9. The number of aromatic nitrogens is 3. The van der Waals surface area contributed by atoms with Gasteiger partial charge in [-0.25, -0.2) is 23.8 Å². The molecule has 2 atom stereocenters. The maximum Gasteiger partial charge on any atom is 0.417 e. The van der Waals surface area contributed by atoms with Gasteiger partial charge in [0.2, 0.25) is 0 Å². The summed E-state index contributed by atoms with van der Waals surface area (Å²) in [5.41, 5.74) is 0.130. The summed E-state index contributed by atoms with van der Waals surface area (Å²) in [5, 5.41) is 25.0. The number of nitrogens with zero attached hydrogens (tertiary/aromatic N) is 5. The largest absolute Gasteiger partial charge is 0.443 e. The first-order valence-corrected chi connectivity index (χ1v) is 12.9. The Kier molecular flexibility index (Phi) is 6.51. The van der Waals surface area contributed by atoms with Crippen molar-refractivity contribution in [3.8, 4) is 23.0 Å². The van der Waals surface area contributed by atoms with Crippen molar-refractivity contribution < 1.29 is 23.8 Å². The fourth-order valence-electron chi connectivity index (χ4n) is 5.34. The number of ether oxygens (including phenoxy) is 1. The van der Waals surface area contributed by atoms with Gasteiger partial charge in [-0.3, -0.25) is 4.79 Å². The summed E-state index contributed by atoms with van der Waals surface area (Å²) in [6, 6.07) is 9.53. The molecule has 2 amide bonds. The van der Waals surface area contributed by atoms with Crippen molar-refractivity contribution in [2.45, 2.75) is 77.0 Å². The average Bonchev–Trinajstić information content (AvgIpc) is 3.47. The van der Waals surface area contributed by atoms with Crippen molar-refractivity contribution in [3.05, 3.63) is 64.9 Å². The molecule has 1 N–H and O–H groups in total. The number of pyridine rings is 1. The number of aliphatic hydroxyl groups is 1. The molecule has 0 radical (unpaired) electrons. The highest BCUT2D eigenvalue weighted by Crippen LogP contribution is 2.39. The molecule has 202 valence electrons. The van der Waals surface area contributed by atoms with Crippen molar-refractivity contribution in [3.63, 3.8) is 0 Å². The van der Waals surface area contributed by atoms with Crippen LogP contribution in [0.5, 0.6) is 0 Å². The Bertz CT molecular complexity index is 1510. The highest BCUT2D eigenvalue weighted by molar-refractivity contribution is 6.08. The summed E-state index contributed by atoms with van der Waals surface area (Å²) >= 11 is 0. The second-order valence-corrected chi connectivity index (χ2v) is 11.5. The molecule has 3 heterocycles. The SMILES string of the molecule is CC1(O)CCCC(c2ccn(-c3cc(-c4c(F)cccc4C#N)nc4c3C(=O)N(C(=O)OC(C)(C)C)C4)n2)C1. The number of benzene rings is 1. The molecule has 1 fully saturated rings. The van der Waals surface area contributed by atoms with Crippen molar-refractivity contribution >= 4 is 12.0 Å². The Labute approximate surface area is 225 Å². The van der Waals surface area contributed by atoms with Gasteiger partial charge in [0.05, 0.1) is 57.7 Å². The van der Waals surface area contributed by atoms with E-state index in [0.29, 0.717) is 12.1 Å². The zero-order valence-electron chi connectivity index (χ0n) is 22.4. The van der Waals surface area contributed by atoms with Gasteiger partial charge in [-0.15, -0.1) is 0 Å². The van der Waals surface area contributed by atoms with E-state index in [0.717, 1.165) is 29.9 Å². The number of fused-ring (bicyclic) bond motifs is 1. The first-order chi connectivity index (χ1) is 18.4. The fraction of sp³-hybridized carbons (Fsp3) is 0.414. The van der Waals surface area contributed by atoms with Gasteiger partial charge in [-0.2, -0.15) is 10.4 Å². The third-order valence-electron chi connectivity index (χ3n) is 7.07. The summed E-state index contributed by atoms with van der Waals surface area (Å²) in [7, 11) is 0. The Hall–Kier alpha value is -4.10. The third kappa shape index (κ3) is 5.14. The molecular formula is C29H30FN5O4.